The van der Waals surface area contributed by atoms with Gasteiger partial charge in [0.1, 0.15) is 0 Å². The number of hydrogen-bond acceptors (Lipinski definition) is 2. The van der Waals surface area contributed by atoms with Crippen molar-refractivity contribution in [2.24, 2.45) is 5.92 Å². The molecule has 1 heterocycles. The lowest BCUT2D eigenvalue weighted by Crippen LogP contribution is -2.48. The first-order chi connectivity index (χ1) is 13.2. The van der Waals surface area contributed by atoms with Crippen LogP contribution in [0.5, 0.6) is 0 Å². The average Bonchev–Trinajstić information content (AvgIpc) is 3.55. The Kier molecular flexibility index (Phi) is 5.58. The molecule has 2 aliphatic rings. The number of anilines is 1. The number of carbonyl (C=O) groups excluding carboxylic acids is 1. The summed E-state index contributed by atoms with van der Waals surface area (Å²) >= 11 is 0. The van der Waals surface area contributed by atoms with Gasteiger partial charge >= 0.3 is 0 Å². The van der Waals surface area contributed by atoms with Crippen LogP contribution in [-0.2, 0) is 11.2 Å². The summed E-state index contributed by atoms with van der Waals surface area (Å²) in [5.74, 6) is 0.615. The normalized spacial score (nSPS) is 18.4. The molecule has 0 aromatic heterocycles. The third-order valence-corrected chi connectivity index (χ3v) is 5.96. The minimum atomic E-state index is 0.266. The average molecular weight is 363 g/mol. The van der Waals surface area contributed by atoms with Gasteiger partial charge in [-0.05, 0) is 56.7 Å². The third kappa shape index (κ3) is 4.59. The van der Waals surface area contributed by atoms with Crippen LogP contribution in [0.3, 0.4) is 0 Å². The highest BCUT2D eigenvalue weighted by atomic mass is 16.2. The molecule has 0 unspecified atom stereocenters. The van der Waals surface area contributed by atoms with Crippen molar-refractivity contribution >= 4 is 11.6 Å². The molecule has 2 aromatic rings. The van der Waals surface area contributed by atoms with Gasteiger partial charge in [0.2, 0.25) is 5.91 Å². The monoisotopic (exact) mass is 362 g/mol. The van der Waals surface area contributed by atoms with Gasteiger partial charge in [-0.3, -0.25) is 4.79 Å². The lowest BCUT2D eigenvalue weighted by molar-refractivity contribution is -0.120. The Balaban J connectivity index is 1.38. The van der Waals surface area contributed by atoms with Gasteiger partial charge in [-0.2, -0.15) is 0 Å². The molecule has 0 radical (unpaired) electrons. The summed E-state index contributed by atoms with van der Waals surface area (Å²) in [4.78, 5) is 17.7. The second kappa shape index (κ2) is 8.26. The smallest absolute Gasteiger partial charge is 0.230 e. The van der Waals surface area contributed by atoms with Crippen LogP contribution in [0.4, 0.5) is 5.69 Å². The number of rotatable bonds is 6. The molecule has 1 saturated carbocycles. The van der Waals surface area contributed by atoms with Crippen LogP contribution >= 0.6 is 0 Å². The molecular weight excluding hydrogens is 332 g/mol. The molecule has 1 saturated heterocycles. The fourth-order valence-corrected chi connectivity index (χ4v) is 4.08. The van der Waals surface area contributed by atoms with E-state index in [1.54, 1.807) is 0 Å². The predicted molar refractivity (Wildman–Crippen MR) is 111 cm³/mol. The van der Waals surface area contributed by atoms with E-state index in [2.05, 4.69) is 71.3 Å². The molecule has 27 heavy (non-hydrogen) atoms. The van der Waals surface area contributed by atoms with Gasteiger partial charge in [-0.25, -0.2) is 0 Å². The maximum absolute atomic E-state index is 13.0. The molecule has 0 atom stereocenters. The van der Waals surface area contributed by atoms with Crippen molar-refractivity contribution in [1.29, 1.82) is 0 Å². The molecule has 2 fully saturated rings. The highest BCUT2D eigenvalue weighted by molar-refractivity contribution is 5.97. The van der Waals surface area contributed by atoms with Crippen LogP contribution in [0.15, 0.2) is 54.6 Å². The SMILES string of the molecule is Cc1ccc(N(C(=O)C2CC2)C2CCN(CCc3ccccc3)CC2)cc1. The first-order valence-corrected chi connectivity index (χ1v) is 10.4. The van der Waals surface area contributed by atoms with Crippen molar-refractivity contribution in [2.45, 2.75) is 45.1 Å². The number of hydrogen-bond donors (Lipinski definition) is 0. The minimum Gasteiger partial charge on any atom is -0.309 e. The van der Waals surface area contributed by atoms with E-state index in [9.17, 15) is 4.79 Å². The standard InChI is InChI=1S/C24H30N2O/c1-19-7-11-22(12-8-19)26(24(27)21-9-10-21)23-14-17-25(18-15-23)16-13-20-5-3-2-4-6-20/h2-8,11-12,21,23H,9-10,13-18H2,1H3. The predicted octanol–water partition coefficient (Wildman–Crippen LogP) is 4.45. The van der Waals surface area contributed by atoms with Crippen LogP contribution in [0, 0.1) is 12.8 Å². The van der Waals surface area contributed by atoms with E-state index in [1.165, 1.54) is 11.1 Å². The lowest BCUT2D eigenvalue weighted by Gasteiger charge is -2.39. The van der Waals surface area contributed by atoms with E-state index >= 15 is 0 Å². The quantitative estimate of drug-likeness (QED) is 0.758. The van der Waals surface area contributed by atoms with Crippen LogP contribution in [-0.4, -0.2) is 36.5 Å². The topological polar surface area (TPSA) is 23.6 Å². The molecular formula is C24H30N2O. The molecule has 0 bridgehead atoms. The van der Waals surface area contributed by atoms with Gasteiger partial charge in [-0.1, -0.05) is 48.0 Å². The van der Waals surface area contributed by atoms with E-state index in [4.69, 9.17) is 0 Å². The van der Waals surface area contributed by atoms with Crippen LogP contribution < -0.4 is 4.90 Å². The summed E-state index contributed by atoms with van der Waals surface area (Å²) < 4.78 is 0. The number of amides is 1. The van der Waals surface area contributed by atoms with E-state index in [-0.39, 0.29) is 5.92 Å². The summed E-state index contributed by atoms with van der Waals surface area (Å²) in [6.07, 6.45) is 5.38. The zero-order valence-corrected chi connectivity index (χ0v) is 16.3. The number of piperidine rings is 1. The maximum Gasteiger partial charge on any atom is 0.230 e. The molecule has 0 spiro atoms. The largest absolute Gasteiger partial charge is 0.309 e. The highest BCUT2D eigenvalue weighted by Gasteiger charge is 2.38. The minimum absolute atomic E-state index is 0.266. The zero-order valence-electron chi connectivity index (χ0n) is 16.3. The van der Waals surface area contributed by atoms with Gasteiger partial charge in [0.15, 0.2) is 0 Å². The van der Waals surface area contributed by atoms with Gasteiger partial charge in [-0.15, -0.1) is 0 Å². The van der Waals surface area contributed by atoms with Gasteiger partial charge in [0, 0.05) is 37.3 Å². The van der Waals surface area contributed by atoms with Gasteiger partial charge in [0.05, 0.1) is 0 Å². The van der Waals surface area contributed by atoms with Crippen LogP contribution in [0.25, 0.3) is 0 Å². The number of aryl methyl sites for hydroxylation is 1. The molecule has 4 rings (SSSR count). The van der Waals surface area contributed by atoms with Gasteiger partial charge in [0.25, 0.3) is 0 Å². The maximum atomic E-state index is 13.0. The molecule has 0 N–H and O–H groups in total. The fraction of sp³-hybridized carbons (Fsp3) is 0.458. The highest BCUT2D eigenvalue weighted by Crippen LogP contribution is 2.35. The van der Waals surface area contributed by atoms with Crippen LogP contribution in [0.1, 0.15) is 36.8 Å². The van der Waals surface area contributed by atoms with Crippen molar-refractivity contribution < 1.29 is 4.79 Å². The van der Waals surface area contributed by atoms with Crippen molar-refractivity contribution in [1.82, 2.24) is 4.90 Å². The Hall–Kier alpha value is -2.13. The van der Waals surface area contributed by atoms with Crippen molar-refractivity contribution in [3.8, 4) is 0 Å². The summed E-state index contributed by atoms with van der Waals surface area (Å²) in [7, 11) is 0. The molecule has 3 nitrogen and oxygen atoms in total. The van der Waals surface area contributed by atoms with E-state index < -0.39 is 0 Å². The van der Waals surface area contributed by atoms with Crippen molar-refractivity contribution in [3.63, 3.8) is 0 Å². The Morgan fingerprint density at radius 1 is 0.963 bits per heavy atom. The van der Waals surface area contributed by atoms with Crippen LogP contribution in [0.2, 0.25) is 0 Å². The Morgan fingerprint density at radius 3 is 2.26 bits per heavy atom. The summed E-state index contributed by atoms with van der Waals surface area (Å²) in [6, 6.07) is 19.6. The zero-order chi connectivity index (χ0) is 18.6. The number of likely N-dealkylation sites (tertiary alicyclic amines) is 1. The first-order valence-electron chi connectivity index (χ1n) is 10.4. The Morgan fingerprint density at radius 2 is 1.63 bits per heavy atom. The Labute approximate surface area is 163 Å². The number of carbonyl (C=O) groups is 1. The fourth-order valence-electron chi connectivity index (χ4n) is 4.08. The number of nitrogens with zero attached hydrogens (tertiary/aromatic N) is 2. The first kappa shape index (κ1) is 18.2. The molecule has 1 amide bonds. The molecule has 1 aliphatic heterocycles. The third-order valence-electron chi connectivity index (χ3n) is 5.96. The Bertz CT molecular complexity index is 744. The summed E-state index contributed by atoms with van der Waals surface area (Å²) in [5.41, 5.74) is 3.73. The van der Waals surface area contributed by atoms with Crippen molar-refractivity contribution in [2.75, 3.05) is 24.5 Å². The van der Waals surface area contributed by atoms with Gasteiger partial charge < -0.3 is 9.80 Å². The number of benzene rings is 2. The van der Waals surface area contributed by atoms with E-state index in [1.807, 2.05) is 0 Å². The lowest BCUT2D eigenvalue weighted by atomic mass is 10.0. The second-order valence-electron chi connectivity index (χ2n) is 8.13. The molecule has 3 heteroatoms. The van der Waals surface area contributed by atoms with E-state index in [0.717, 1.165) is 57.4 Å². The summed E-state index contributed by atoms with van der Waals surface area (Å²) in [6.45, 7) is 5.37. The molecule has 2 aromatic carbocycles. The second-order valence-corrected chi connectivity index (χ2v) is 8.13. The summed E-state index contributed by atoms with van der Waals surface area (Å²) in [5, 5.41) is 0. The van der Waals surface area contributed by atoms with E-state index in [0.29, 0.717) is 11.9 Å². The van der Waals surface area contributed by atoms with Crippen molar-refractivity contribution in [3.05, 3.63) is 65.7 Å². The molecule has 1 aliphatic carbocycles. The molecule has 142 valence electrons.